The summed E-state index contributed by atoms with van der Waals surface area (Å²) in [5, 5.41) is 15.5. The van der Waals surface area contributed by atoms with Gasteiger partial charge in [0.25, 0.3) is 5.91 Å². The van der Waals surface area contributed by atoms with Gasteiger partial charge in [0.15, 0.2) is 0 Å². The summed E-state index contributed by atoms with van der Waals surface area (Å²) in [5.74, 6) is -0.133. The van der Waals surface area contributed by atoms with Crippen LogP contribution in [0.3, 0.4) is 0 Å². The molecular weight excluding hydrogens is 194 g/mol. The molecule has 1 heterocycles. The fraction of sp³-hybridized carbons (Fsp3) is 0.600. The Morgan fingerprint density at radius 2 is 2.40 bits per heavy atom. The van der Waals surface area contributed by atoms with Gasteiger partial charge in [-0.1, -0.05) is 0 Å². The van der Waals surface area contributed by atoms with Gasteiger partial charge in [-0.05, 0) is 26.3 Å². The van der Waals surface area contributed by atoms with E-state index in [4.69, 9.17) is 5.11 Å². The number of aliphatic hydroxyl groups is 1. The van der Waals surface area contributed by atoms with E-state index in [1.165, 1.54) is 0 Å². The molecule has 1 aromatic rings. The van der Waals surface area contributed by atoms with E-state index < -0.39 is 0 Å². The number of aromatic nitrogens is 2. The molecule has 5 heteroatoms. The molecule has 15 heavy (non-hydrogen) atoms. The van der Waals surface area contributed by atoms with Crippen molar-refractivity contribution < 1.29 is 9.90 Å². The van der Waals surface area contributed by atoms with Crippen LogP contribution in [0, 0.1) is 6.92 Å². The van der Waals surface area contributed by atoms with Crippen molar-refractivity contribution in [3.8, 4) is 0 Å². The van der Waals surface area contributed by atoms with Gasteiger partial charge in [-0.15, -0.1) is 0 Å². The smallest absolute Gasteiger partial charge is 0.269 e. The lowest BCUT2D eigenvalue weighted by Crippen LogP contribution is -2.27. The van der Waals surface area contributed by atoms with Crippen LogP contribution in [0.25, 0.3) is 0 Å². The molecule has 2 N–H and O–H groups in total. The van der Waals surface area contributed by atoms with Crippen molar-refractivity contribution in [1.29, 1.82) is 0 Å². The third kappa shape index (κ3) is 3.06. The van der Waals surface area contributed by atoms with Crippen molar-refractivity contribution in [1.82, 2.24) is 15.1 Å². The van der Waals surface area contributed by atoms with Crippen molar-refractivity contribution in [2.45, 2.75) is 26.8 Å². The number of nitrogens with zero attached hydrogens (tertiary/aromatic N) is 2. The molecule has 0 spiro atoms. The molecule has 0 unspecified atom stereocenters. The molecule has 0 fully saturated rings. The maximum Gasteiger partial charge on any atom is 0.269 e. The standard InChI is InChI=1S/C10H17N3O2/c1-3-13-9(7-8(2)12-13)10(15)11-5-4-6-14/h7,14H,3-6H2,1-2H3,(H,11,15). The van der Waals surface area contributed by atoms with Gasteiger partial charge in [0.1, 0.15) is 5.69 Å². The summed E-state index contributed by atoms with van der Waals surface area (Å²) in [4.78, 5) is 11.7. The lowest BCUT2D eigenvalue weighted by molar-refractivity contribution is 0.0940. The Kier molecular flexibility index (Phi) is 4.30. The lowest BCUT2D eigenvalue weighted by Gasteiger charge is -2.05. The number of carbonyl (C=O) groups is 1. The molecule has 84 valence electrons. The number of nitrogens with one attached hydrogen (secondary N) is 1. The van der Waals surface area contributed by atoms with E-state index >= 15 is 0 Å². The number of aryl methyl sites for hydroxylation is 2. The minimum atomic E-state index is -0.133. The Labute approximate surface area is 89.1 Å². The summed E-state index contributed by atoms with van der Waals surface area (Å²) in [6, 6.07) is 1.76. The van der Waals surface area contributed by atoms with Gasteiger partial charge in [0.2, 0.25) is 0 Å². The van der Waals surface area contributed by atoms with E-state index in [-0.39, 0.29) is 12.5 Å². The minimum Gasteiger partial charge on any atom is -0.396 e. The van der Waals surface area contributed by atoms with Crippen LogP contribution in [0.4, 0.5) is 0 Å². The molecule has 0 saturated carbocycles. The van der Waals surface area contributed by atoms with Crippen molar-refractivity contribution in [3.05, 3.63) is 17.5 Å². The van der Waals surface area contributed by atoms with Gasteiger partial charge in [0.05, 0.1) is 5.69 Å². The summed E-state index contributed by atoms with van der Waals surface area (Å²) in [6.07, 6.45) is 0.574. The normalized spacial score (nSPS) is 10.3. The molecule has 0 aliphatic heterocycles. The van der Waals surface area contributed by atoms with Gasteiger partial charge in [0, 0.05) is 19.7 Å². The Morgan fingerprint density at radius 3 is 3.00 bits per heavy atom. The fourth-order valence-corrected chi connectivity index (χ4v) is 1.34. The van der Waals surface area contributed by atoms with Crippen LogP contribution in [-0.2, 0) is 6.54 Å². The van der Waals surface area contributed by atoms with Crippen LogP contribution in [0.1, 0.15) is 29.5 Å². The first-order chi connectivity index (χ1) is 7.19. The number of aliphatic hydroxyl groups excluding tert-OH is 1. The first-order valence-electron chi connectivity index (χ1n) is 5.12. The highest BCUT2D eigenvalue weighted by Crippen LogP contribution is 2.03. The Balaban J connectivity index is 2.64. The SMILES string of the molecule is CCn1nc(C)cc1C(=O)NCCCO. The molecule has 0 radical (unpaired) electrons. The number of hydrogen-bond donors (Lipinski definition) is 2. The molecule has 1 rings (SSSR count). The largest absolute Gasteiger partial charge is 0.396 e. The Bertz CT molecular complexity index is 333. The topological polar surface area (TPSA) is 67.2 Å². The predicted molar refractivity (Wildman–Crippen MR) is 56.7 cm³/mol. The first kappa shape index (κ1) is 11.7. The second-order valence-electron chi connectivity index (χ2n) is 3.32. The molecular formula is C10H17N3O2. The van der Waals surface area contributed by atoms with E-state index in [0.29, 0.717) is 25.2 Å². The quantitative estimate of drug-likeness (QED) is 0.689. The Morgan fingerprint density at radius 1 is 1.67 bits per heavy atom. The second-order valence-corrected chi connectivity index (χ2v) is 3.32. The van der Waals surface area contributed by atoms with Crippen molar-refractivity contribution >= 4 is 5.91 Å². The van der Waals surface area contributed by atoms with Crippen LogP contribution in [0.2, 0.25) is 0 Å². The van der Waals surface area contributed by atoms with Crippen molar-refractivity contribution in [2.24, 2.45) is 0 Å². The van der Waals surface area contributed by atoms with Gasteiger partial charge in [-0.3, -0.25) is 9.48 Å². The van der Waals surface area contributed by atoms with Crippen molar-refractivity contribution in [3.63, 3.8) is 0 Å². The summed E-state index contributed by atoms with van der Waals surface area (Å²) in [6.45, 7) is 5.06. The summed E-state index contributed by atoms with van der Waals surface area (Å²) < 4.78 is 1.67. The molecule has 5 nitrogen and oxygen atoms in total. The number of hydrogen-bond acceptors (Lipinski definition) is 3. The number of rotatable bonds is 5. The van der Waals surface area contributed by atoms with E-state index in [0.717, 1.165) is 5.69 Å². The van der Waals surface area contributed by atoms with Crippen molar-refractivity contribution in [2.75, 3.05) is 13.2 Å². The summed E-state index contributed by atoms with van der Waals surface area (Å²) in [7, 11) is 0. The van der Waals surface area contributed by atoms with Crippen LogP contribution in [-0.4, -0.2) is 33.9 Å². The van der Waals surface area contributed by atoms with Crippen LogP contribution in [0.15, 0.2) is 6.07 Å². The average Bonchev–Trinajstić information content (AvgIpc) is 2.60. The van der Waals surface area contributed by atoms with E-state index in [1.54, 1.807) is 10.7 Å². The highest BCUT2D eigenvalue weighted by molar-refractivity contribution is 5.92. The molecule has 0 saturated heterocycles. The number of amides is 1. The average molecular weight is 211 g/mol. The summed E-state index contributed by atoms with van der Waals surface area (Å²) >= 11 is 0. The third-order valence-corrected chi connectivity index (χ3v) is 2.05. The zero-order valence-electron chi connectivity index (χ0n) is 9.16. The van der Waals surface area contributed by atoms with Crippen LogP contribution >= 0.6 is 0 Å². The van der Waals surface area contributed by atoms with Gasteiger partial charge >= 0.3 is 0 Å². The van der Waals surface area contributed by atoms with Crippen LogP contribution in [0.5, 0.6) is 0 Å². The first-order valence-corrected chi connectivity index (χ1v) is 5.12. The van der Waals surface area contributed by atoms with E-state index in [9.17, 15) is 4.79 Å². The highest BCUT2D eigenvalue weighted by atomic mass is 16.3. The maximum atomic E-state index is 11.7. The Hall–Kier alpha value is -1.36. The lowest BCUT2D eigenvalue weighted by atomic mass is 10.3. The zero-order chi connectivity index (χ0) is 11.3. The van der Waals surface area contributed by atoms with Gasteiger partial charge in [-0.25, -0.2) is 0 Å². The predicted octanol–water partition coefficient (Wildman–Crippen LogP) is 0.324. The molecule has 0 bridgehead atoms. The van der Waals surface area contributed by atoms with Crippen LogP contribution < -0.4 is 5.32 Å². The monoisotopic (exact) mass is 211 g/mol. The van der Waals surface area contributed by atoms with E-state index in [1.807, 2.05) is 13.8 Å². The second kappa shape index (κ2) is 5.50. The summed E-state index contributed by atoms with van der Waals surface area (Å²) in [5.41, 5.74) is 1.41. The molecule has 0 aliphatic rings. The fourth-order valence-electron chi connectivity index (χ4n) is 1.34. The van der Waals surface area contributed by atoms with Gasteiger partial charge < -0.3 is 10.4 Å². The molecule has 1 amide bonds. The zero-order valence-corrected chi connectivity index (χ0v) is 9.16. The molecule has 1 aromatic heterocycles. The molecule has 0 aromatic carbocycles. The minimum absolute atomic E-state index is 0.0896. The molecule has 0 aliphatic carbocycles. The maximum absolute atomic E-state index is 11.7. The van der Waals surface area contributed by atoms with E-state index in [2.05, 4.69) is 10.4 Å². The van der Waals surface area contributed by atoms with Gasteiger partial charge in [-0.2, -0.15) is 5.10 Å². The third-order valence-electron chi connectivity index (χ3n) is 2.05. The highest BCUT2D eigenvalue weighted by Gasteiger charge is 2.11. The number of carbonyl (C=O) groups excluding carboxylic acids is 1. The molecule has 0 atom stereocenters.